The van der Waals surface area contributed by atoms with E-state index >= 15 is 0 Å². The van der Waals surface area contributed by atoms with E-state index in [1.54, 1.807) is 6.07 Å². The number of halogens is 3. The summed E-state index contributed by atoms with van der Waals surface area (Å²) < 4.78 is 14.0. The molecule has 1 heterocycles. The van der Waals surface area contributed by atoms with Crippen LogP contribution in [-0.4, -0.2) is 10.9 Å². The van der Waals surface area contributed by atoms with Gasteiger partial charge in [-0.1, -0.05) is 17.7 Å². The molecule has 0 radical (unpaired) electrons. The van der Waals surface area contributed by atoms with E-state index in [-0.39, 0.29) is 22.1 Å². The number of benzene rings is 1. The van der Waals surface area contributed by atoms with Crippen LogP contribution >= 0.6 is 27.5 Å². The molecule has 2 aromatic rings. The Balaban J connectivity index is 2.34. The van der Waals surface area contributed by atoms with Gasteiger partial charge in [-0.2, -0.15) is 0 Å². The lowest BCUT2D eigenvalue weighted by Gasteiger charge is -2.09. The molecule has 3 N–H and O–H groups in total. The first-order valence-electron chi connectivity index (χ1n) is 5.15. The van der Waals surface area contributed by atoms with Gasteiger partial charge >= 0.3 is 0 Å². The number of nitrogens with one attached hydrogen (secondary N) is 1. The molecule has 0 saturated carbocycles. The highest BCUT2D eigenvalue weighted by atomic mass is 79.9. The number of carbonyl (C=O) groups is 1. The van der Waals surface area contributed by atoms with Gasteiger partial charge in [0, 0.05) is 10.7 Å². The largest absolute Gasteiger partial charge is 0.384 e. The van der Waals surface area contributed by atoms with Crippen LogP contribution < -0.4 is 11.1 Å². The molecule has 2 rings (SSSR count). The zero-order valence-electron chi connectivity index (χ0n) is 9.45. The molecule has 0 spiro atoms. The zero-order chi connectivity index (χ0) is 14.0. The molecule has 1 aromatic carbocycles. The molecule has 1 aromatic heterocycles. The molecular weight excluding hydrogens is 337 g/mol. The van der Waals surface area contributed by atoms with Gasteiger partial charge in [-0.25, -0.2) is 9.37 Å². The Labute approximate surface area is 121 Å². The minimum absolute atomic E-state index is 0.0407. The summed E-state index contributed by atoms with van der Waals surface area (Å²) in [4.78, 5) is 15.8. The third-order valence-electron chi connectivity index (χ3n) is 2.32. The number of nitrogen functional groups attached to an aromatic ring is 1. The minimum Gasteiger partial charge on any atom is -0.384 e. The highest BCUT2D eigenvalue weighted by Crippen LogP contribution is 2.26. The van der Waals surface area contributed by atoms with Crippen LogP contribution in [0.2, 0.25) is 5.02 Å². The summed E-state index contributed by atoms with van der Waals surface area (Å²) in [5.74, 6) is -0.965. The first-order valence-corrected chi connectivity index (χ1v) is 6.32. The van der Waals surface area contributed by atoms with Crippen LogP contribution in [0.15, 0.2) is 34.9 Å². The Morgan fingerprint density at radius 2 is 2.21 bits per heavy atom. The van der Waals surface area contributed by atoms with E-state index in [1.807, 2.05) is 0 Å². The van der Waals surface area contributed by atoms with Gasteiger partial charge in [0.05, 0.1) is 16.3 Å². The average molecular weight is 345 g/mol. The number of hydrogen-bond acceptors (Lipinski definition) is 3. The highest BCUT2D eigenvalue weighted by molar-refractivity contribution is 9.10. The summed E-state index contributed by atoms with van der Waals surface area (Å²) in [7, 11) is 0. The van der Waals surface area contributed by atoms with Gasteiger partial charge in [-0.05, 0) is 34.1 Å². The number of rotatable bonds is 2. The smallest absolute Gasteiger partial charge is 0.257 e. The van der Waals surface area contributed by atoms with Gasteiger partial charge in [0.25, 0.3) is 5.91 Å². The lowest BCUT2D eigenvalue weighted by atomic mass is 10.2. The number of nitrogens with zero attached hydrogens (tertiary/aromatic N) is 1. The second-order valence-electron chi connectivity index (χ2n) is 3.64. The van der Waals surface area contributed by atoms with Crippen molar-refractivity contribution >= 4 is 44.9 Å². The molecule has 0 aliphatic heterocycles. The van der Waals surface area contributed by atoms with Gasteiger partial charge in [0.1, 0.15) is 11.6 Å². The number of hydrogen-bond donors (Lipinski definition) is 2. The third kappa shape index (κ3) is 3.02. The van der Waals surface area contributed by atoms with Crippen LogP contribution in [0, 0.1) is 5.82 Å². The fourth-order valence-corrected chi connectivity index (χ4v) is 2.06. The van der Waals surface area contributed by atoms with Crippen LogP contribution in [0.1, 0.15) is 10.4 Å². The summed E-state index contributed by atoms with van der Waals surface area (Å²) >= 11 is 9.01. The van der Waals surface area contributed by atoms with Crippen molar-refractivity contribution in [3.63, 3.8) is 0 Å². The standard InChI is InChI=1S/C12H8BrClFN3O/c13-7-2-1-3-9(15)11(7)18-12(19)6-4-10(16)17-5-8(6)14/h1-5H,(H2,16,17)(H,18,19). The van der Waals surface area contributed by atoms with Crippen molar-refractivity contribution in [2.45, 2.75) is 0 Å². The number of carbonyl (C=O) groups excluding carboxylic acids is 1. The maximum Gasteiger partial charge on any atom is 0.257 e. The first-order chi connectivity index (χ1) is 8.99. The molecule has 0 fully saturated rings. The van der Waals surface area contributed by atoms with Crippen LogP contribution in [0.5, 0.6) is 0 Å². The van der Waals surface area contributed by atoms with Crippen LogP contribution in [0.25, 0.3) is 0 Å². The van der Waals surface area contributed by atoms with E-state index in [2.05, 4.69) is 26.2 Å². The summed E-state index contributed by atoms with van der Waals surface area (Å²) in [5, 5.41) is 2.57. The second-order valence-corrected chi connectivity index (χ2v) is 4.90. The van der Waals surface area contributed by atoms with Crippen molar-refractivity contribution in [1.82, 2.24) is 4.98 Å². The average Bonchev–Trinajstić information content (AvgIpc) is 2.37. The SMILES string of the molecule is Nc1cc(C(=O)Nc2c(F)cccc2Br)c(Cl)cn1. The normalized spacial score (nSPS) is 10.3. The Kier molecular flexibility index (Phi) is 4.01. The number of pyridine rings is 1. The molecule has 0 atom stereocenters. The maximum absolute atomic E-state index is 13.6. The van der Waals surface area contributed by atoms with E-state index < -0.39 is 11.7 Å². The molecule has 4 nitrogen and oxygen atoms in total. The monoisotopic (exact) mass is 343 g/mol. The molecule has 0 aliphatic rings. The predicted octanol–water partition coefficient (Wildman–Crippen LogP) is 3.47. The Morgan fingerprint density at radius 1 is 1.47 bits per heavy atom. The van der Waals surface area contributed by atoms with Crippen molar-refractivity contribution in [2.24, 2.45) is 0 Å². The topological polar surface area (TPSA) is 68.0 Å². The van der Waals surface area contributed by atoms with Crippen molar-refractivity contribution in [3.8, 4) is 0 Å². The van der Waals surface area contributed by atoms with Gasteiger partial charge < -0.3 is 11.1 Å². The molecule has 0 saturated heterocycles. The van der Waals surface area contributed by atoms with Gasteiger partial charge in [0.15, 0.2) is 0 Å². The van der Waals surface area contributed by atoms with Crippen molar-refractivity contribution in [1.29, 1.82) is 0 Å². The number of anilines is 2. The lowest BCUT2D eigenvalue weighted by molar-refractivity contribution is 0.102. The van der Waals surface area contributed by atoms with Crippen LogP contribution in [-0.2, 0) is 0 Å². The maximum atomic E-state index is 13.6. The van der Waals surface area contributed by atoms with Gasteiger partial charge in [0.2, 0.25) is 0 Å². The molecule has 1 amide bonds. The molecule has 0 aliphatic carbocycles. The lowest BCUT2D eigenvalue weighted by Crippen LogP contribution is -2.14. The summed E-state index contributed by atoms with van der Waals surface area (Å²) in [6.45, 7) is 0. The number of nitrogens with two attached hydrogens (primary N) is 1. The summed E-state index contributed by atoms with van der Waals surface area (Å²) in [6.07, 6.45) is 1.27. The molecule has 7 heteroatoms. The highest BCUT2D eigenvalue weighted by Gasteiger charge is 2.15. The molecule has 98 valence electrons. The second kappa shape index (κ2) is 5.54. The fraction of sp³-hybridized carbons (Fsp3) is 0. The Bertz CT molecular complexity index is 631. The molecular formula is C12H8BrClFN3O. The minimum atomic E-state index is -0.565. The number of amides is 1. The third-order valence-corrected chi connectivity index (χ3v) is 3.28. The molecule has 19 heavy (non-hydrogen) atoms. The van der Waals surface area contributed by atoms with Crippen molar-refractivity contribution < 1.29 is 9.18 Å². The van der Waals surface area contributed by atoms with E-state index in [0.29, 0.717) is 4.47 Å². The Hall–Kier alpha value is -1.66. The fourth-order valence-electron chi connectivity index (χ4n) is 1.43. The number of aromatic nitrogens is 1. The van der Waals surface area contributed by atoms with Crippen LogP contribution in [0.3, 0.4) is 0 Å². The van der Waals surface area contributed by atoms with Crippen LogP contribution in [0.4, 0.5) is 15.9 Å². The predicted molar refractivity (Wildman–Crippen MR) is 75.7 cm³/mol. The summed E-state index contributed by atoms with van der Waals surface area (Å²) in [6, 6.07) is 5.70. The van der Waals surface area contributed by atoms with E-state index in [1.165, 1.54) is 24.4 Å². The number of para-hydroxylation sites is 1. The quantitative estimate of drug-likeness (QED) is 0.876. The Morgan fingerprint density at radius 3 is 2.89 bits per heavy atom. The van der Waals surface area contributed by atoms with Gasteiger partial charge in [-0.3, -0.25) is 4.79 Å². The van der Waals surface area contributed by atoms with Gasteiger partial charge in [-0.15, -0.1) is 0 Å². The molecule has 0 bridgehead atoms. The molecule has 0 unspecified atom stereocenters. The summed E-state index contributed by atoms with van der Waals surface area (Å²) in [5.41, 5.74) is 5.66. The van der Waals surface area contributed by atoms with Crippen molar-refractivity contribution in [2.75, 3.05) is 11.1 Å². The van der Waals surface area contributed by atoms with E-state index in [4.69, 9.17) is 17.3 Å². The zero-order valence-corrected chi connectivity index (χ0v) is 11.8. The van der Waals surface area contributed by atoms with Crippen molar-refractivity contribution in [3.05, 3.63) is 51.3 Å². The van der Waals surface area contributed by atoms with E-state index in [9.17, 15) is 9.18 Å². The van der Waals surface area contributed by atoms with E-state index in [0.717, 1.165) is 0 Å². The first kappa shape index (κ1) is 13.8.